The first-order chi connectivity index (χ1) is 25.0. The second-order valence-corrected chi connectivity index (χ2v) is 15.4. The van der Waals surface area contributed by atoms with Crippen molar-refractivity contribution in [2.45, 2.75) is 192 Å². The largest absolute Gasteiger partial charge is 0.462 e. The van der Waals surface area contributed by atoms with E-state index in [1.165, 1.54) is 51.4 Å². The van der Waals surface area contributed by atoms with Crippen molar-refractivity contribution < 1.29 is 56.8 Å². The summed E-state index contributed by atoms with van der Waals surface area (Å²) in [6, 6.07) is 0. The minimum Gasteiger partial charge on any atom is -0.462 e. The maximum atomic E-state index is 12.7. The van der Waals surface area contributed by atoms with Crippen LogP contribution in [0.2, 0.25) is 0 Å². The van der Waals surface area contributed by atoms with E-state index < -0.39 is 71.2 Å². The fraction of sp³-hybridized carbons (Fsp3) is 0.846. The van der Waals surface area contributed by atoms with E-state index in [1.54, 1.807) is 0 Å². The minimum absolute atomic E-state index is 0.157. The van der Waals surface area contributed by atoms with E-state index in [1.807, 2.05) is 0 Å². The van der Waals surface area contributed by atoms with Gasteiger partial charge in [0.05, 0.1) is 6.61 Å². The van der Waals surface area contributed by atoms with Crippen LogP contribution in [0.4, 0.5) is 0 Å². The van der Waals surface area contributed by atoms with Gasteiger partial charge in [0.25, 0.3) is 10.1 Å². The number of carbonyl (C=O) groups excluding carboxylic acids is 2. The Labute approximate surface area is 313 Å². The molecule has 0 saturated carbocycles. The molecule has 6 atom stereocenters. The number of rotatable bonds is 32. The maximum Gasteiger partial charge on any atom is 0.306 e. The molecule has 1 aliphatic heterocycles. The highest BCUT2D eigenvalue weighted by Gasteiger charge is 2.46. The second-order valence-electron chi connectivity index (χ2n) is 14.0. The predicted octanol–water partition coefficient (Wildman–Crippen LogP) is 6.89. The van der Waals surface area contributed by atoms with Crippen molar-refractivity contribution in [3.8, 4) is 0 Å². The first kappa shape index (κ1) is 48.1. The SMILES string of the molecule is CCCCC/C=C/C/C=C/CCCCCCCCCC(=O)O[C@H](COC(=O)CCCCCCCCC)CO[C@H]1O[C@H](CS(=O)(=O)O)[C@@H](O)C(O)C1O. The molecule has 52 heavy (non-hydrogen) atoms. The summed E-state index contributed by atoms with van der Waals surface area (Å²) in [5.74, 6) is -2.00. The van der Waals surface area contributed by atoms with Crippen molar-refractivity contribution in [2.24, 2.45) is 0 Å². The molecule has 12 nitrogen and oxygen atoms in total. The van der Waals surface area contributed by atoms with E-state index in [2.05, 4.69) is 38.2 Å². The molecular weight excluding hydrogens is 692 g/mol. The van der Waals surface area contributed by atoms with Crippen LogP contribution < -0.4 is 0 Å². The molecule has 4 N–H and O–H groups in total. The van der Waals surface area contributed by atoms with Crippen molar-refractivity contribution in [2.75, 3.05) is 19.0 Å². The van der Waals surface area contributed by atoms with E-state index in [0.29, 0.717) is 12.8 Å². The monoisotopic (exact) mass is 762 g/mol. The fourth-order valence-electron chi connectivity index (χ4n) is 5.88. The number of aliphatic hydroxyl groups excluding tert-OH is 3. The minimum atomic E-state index is -4.59. The Morgan fingerprint density at radius 1 is 0.654 bits per heavy atom. The van der Waals surface area contributed by atoms with Crippen molar-refractivity contribution in [1.29, 1.82) is 0 Å². The lowest BCUT2D eigenvalue weighted by atomic mass is 10.00. The molecule has 0 spiro atoms. The van der Waals surface area contributed by atoms with Crippen molar-refractivity contribution in [3.63, 3.8) is 0 Å². The van der Waals surface area contributed by atoms with Gasteiger partial charge < -0.3 is 34.3 Å². The van der Waals surface area contributed by atoms with Gasteiger partial charge in [0.15, 0.2) is 12.4 Å². The summed E-state index contributed by atoms with van der Waals surface area (Å²) in [6.45, 7) is 3.65. The third-order valence-electron chi connectivity index (χ3n) is 9.03. The molecule has 2 unspecified atom stereocenters. The van der Waals surface area contributed by atoms with Gasteiger partial charge in [-0.15, -0.1) is 0 Å². The summed E-state index contributed by atoms with van der Waals surface area (Å²) in [4.78, 5) is 25.1. The van der Waals surface area contributed by atoms with Crippen LogP contribution in [0, 0.1) is 0 Å². The van der Waals surface area contributed by atoms with Gasteiger partial charge in [0.2, 0.25) is 0 Å². The van der Waals surface area contributed by atoms with Gasteiger partial charge in [0, 0.05) is 12.8 Å². The fourth-order valence-corrected chi connectivity index (χ4v) is 6.57. The summed E-state index contributed by atoms with van der Waals surface area (Å²) < 4.78 is 53.7. The Bertz CT molecular complexity index is 1080. The van der Waals surface area contributed by atoms with Crippen LogP contribution in [-0.4, -0.2) is 96.0 Å². The first-order valence-corrected chi connectivity index (χ1v) is 21.5. The highest BCUT2D eigenvalue weighted by Crippen LogP contribution is 2.24. The zero-order valence-corrected chi connectivity index (χ0v) is 32.7. The zero-order valence-electron chi connectivity index (χ0n) is 31.9. The van der Waals surface area contributed by atoms with Gasteiger partial charge in [-0.25, -0.2) is 0 Å². The van der Waals surface area contributed by atoms with Crippen molar-refractivity contribution in [1.82, 2.24) is 0 Å². The average molecular weight is 763 g/mol. The highest BCUT2D eigenvalue weighted by molar-refractivity contribution is 7.85. The number of ether oxygens (including phenoxy) is 4. The molecule has 0 aromatic heterocycles. The molecule has 13 heteroatoms. The number of allylic oxidation sites excluding steroid dienone is 4. The Hall–Kier alpha value is -1.87. The second kappa shape index (κ2) is 30.5. The summed E-state index contributed by atoms with van der Waals surface area (Å²) in [6.07, 6.45) is 21.1. The van der Waals surface area contributed by atoms with Crippen LogP contribution in [-0.2, 0) is 38.7 Å². The maximum absolute atomic E-state index is 12.7. The quantitative estimate of drug-likeness (QED) is 0.0241. The normalized spacial score (nSPS) is 21.5. The van der Waals surface area contributed by atoms with Crippen LogP contribution in [0.15, 0.2) is 24.3 Å². The van der Waals surface area contributed by atoms with Gasteiger partial charge in [-0.2, -0.15) is 8.42 Å². The molecule has 1 fully saturated rings. The molecule has 1 rings (SSSR count). The van der Waals surface area contributed by atoms with Gasteiger partial charge in [0.1, 0.15) is 36.8 Å². The van der Waals surface area contributed by atoms with Crippen molar-refractivity contribution in [3.05, 3.63) is 24.3 Å². The molecule has 304 valence electrons. The summed E-state index contributed by atoms with van der Waals surface area (Å²) in [5, 5.41) is 30.7. The molecule has 1 saturated heterocycles. The Morgan fingerprint density at radius 3 is 1.73 bits per heavy atom. The number of hydrogen-bond donors (Lipinski definition) is 4. The summed E-state index contributed by atoms with van der Waals surface area (Å²) >= 11 is 0. The zero-order chi connectivity index (χ0) is 38.5. The Balaban J connectivity index is 2.47. The molecular formula is C39H70O12S. The molecule has 0 aliphatic carbocycles. The predicted molar refractivity (Wildman–Crippen MR) is 201 cm³/mol. The lowest BCUT2D eigenvalue weighted by Crippen LogP contribution is -2.60. The van der Waals surface area contributed by atoms with Gasteiger partial charge in [-0.3, -0.25) is 14.1 Å². The Kier molecular flexibility index (Phi) is 28.2. The lowest BCUT2D eigenvalue weighted by Gasteiger charge is -2.40. The smallest absolute Gasteiger partial charge is 0.306 e. The number of esters is 2. The van der Waals surface area contributed by atoms with Crippen molar-refractivity contribution >= 4 is 22.1 Å². The average Bonchev–Trinajstić information content (AvgIpc) is 3.10. The number of unbranched alkanes of at least 4 members (excludes halogenated alkanes) is 16. The highest BCUT2D eigenvalue weighted by atomic mass is 32.2. The van der Waals surface area contributed by atoms with E-state index >= 15 is 0 Å². The molecule has 1 aliphatic rings. The lowest BCUT2D eigenvalue weighted by molar-refractivity contribution is -0.297. The van der Waals surface area contributed by atoms with E-state index in [9.17, 15) is 37.9 Å². The standard InChI is InChI=1S/C39H70O12S/c1-3-5-7-9-11-12-13-14-15-16-17-18-19-20-22-24-26-28-35(41)50-32(29-48-34(40)27-25-23-21-10-8-6-4-2)30-49-39-38(44)37(43)36(42)33(51-39)31-52(45,46)47/h11-12,14-15,32-33,36-39,42-44H,3-10,13,16-31H2,1-2H3,(H,45,46,47)/b12-11+,15-14+/t32-,33-,36-,37?,38?,39+/m1/s1. The summed E-state index contributed by atoms with van der Waals surface area (Å²) in [5.41, 5.74) is 0. The molecule has 0 aromatic rings. The van der Waals surface area contributed by atoms with E-state index in [4.69, 9.17) is 18.9 Å². The van der Waals surface area contributed by atoms with Gasteiger partial charge in [-0.05, 0) is 44.9 Å². The third-order valence-corrected chi connectivity index (χ3v) is 9.78. The molecule has 0 aromatic carbocycles. The van der Waals surface area contributed by atoms with Crippen LogP contribution in [0.25, 0.3) is 0 Å². The Morgan fingerprint density at radius 2 is 1.15 bits per heavy atom. The van der Waals surface area contributed by atoms with E-state index in [0.717, 1.165) is 64.2 Å². The van der Waals surface area contributed by atoms with Crippen LogP contribution in [0.5, 0.6) is 0 Å². The van der Waals surface area contributed by atoms with Crippen LogP contribution in [0.3, 0.4) is 0 Å². The molecule has 1 heterocycles. The molecule has 0 bridgehead atoms. The van der Waals surface area contributed by atoms with Gasteiger partial charge >= 0.3 is 11.9 Å². The molecule has 0 radical (unpaired) electrons. The first-order valence-electron chi connectivity index (χ1n) is 19.9. The number of hydrogen-bond acceptors (Lipinski definition) is 11. The topological polar surface area (TPSA) is 186 Å². The van der Waals surface area contributed by atoms with E-state index in [-0.39, 0.29) is 19.4 Å². The number of aliphatic hydroxyl groups is 3. The third kappa shape index (κ3) is 25.2. The number of carbonyl (C=O) groups is 2. The van der Waals surface area contributed by atoms with Crippen LogP contribution >= 0.6 is 0 Å². The molecule has 0 amide bonds. The summed E-state index contributed by atoms with van der Waals surface area (Å²) in [7, 11) is -4.59. The van der Waals surface area contributed by atoms with Gasteiger partial charge in [-0.1, -0.05) is 122 Å². The van der Waals surface area contributed by atoms with Crippen LogP contribution in [0.1, 0.15) is 155 Å².